The number of ether oxygens (including phenoxy) is 1. The van der Waals surface area contributed by atoms with Crippen molar-refractivity contribution < 1.29 is 24.0 Å². The Labute approximate surface area is 195 Å². The molecular formula is C25H23N3O6. The van der Waals surface area contributed by atoms with Crippen molar-refractivity contribution in [2.75, 3.05) is 25.2 Å². The molecule has 34 heavy (non-hydrogen) atoms. The van der Waals surface area contributed by atoms with Gasteiger partial charge < -0.3 is 9.64 Å². The fraction of sp³-hybridized carbons (Fsp3) is 0.320. The number of ketones is 1. The molecule has 2 saturated heterocycles. The Morgan fingerprint density at radius 1 is 1.09 bits per heavy atom. The van der Waals surface area contributed by atoms with Crippen LogP contribution in [0.15, 0.2) is 54.6 Å². The van der Waals surface area contributed by atoms with E-state index in [1.54, 1.807) is 0 Å². The summed E-state index contributed by atoms with van der Waals surface area (Å²) in [7, 11) is 1.49. The van der Waals surface area contributed by atoms with Gasteiger partial charge in [-0.1, -0.05) is 36.4 Å². The Morgan fingerprint density at radius 2 is 1.82 bits per heavy atom. The van der Waals surface area contributed by atoms with Crippen LogP contribution in [0.4, 0.5) is 11.4 Å². The van der Waals surface area contributed by atoms with Crippen LogP contribution in [0.2, 0.25) is 0 Å². The van der Waals surface area contributed by atoms with Crippen LogP contribution in [0.3, 0.4) is 0 Å². The lowest BCUT2D eigenvalue weighted by Crippen LogP contribution is -2.49. The monoisotopic (exact) mass is 461 g/mol. The molecule has 0 saturated carbocycles. The van der Waals surface area contributed by atoms with Crippen molar-refractivity contribution >= 4 is 34.5 Å². The van der Waals surface area contributed by atoms with Crippen LogP contribution in [-0.2, 0) is 14.3 Å². The van der Waals surface area contributed by atoms with Gasteiger partial charge in [0.15, 0.2) is 5.78 Å². The van der Waals surface area contributed by atoms with Gasteiger partial charge in [0, 0.05) is 36.1 Å². The van der Waals surface area contributed by atoms with Crippen LogP contribution in [0.1, 0.15) is 22.8 Å². The maximum atomic E-state index is 13.9. The van der Waals surface area contributed by atoms with Crippen molar-refractivity contribution in [2.24, 2.45) is 11.8 Å². The Balaban J connectivity index is 1.65. The summed E-state index contributed by atoms with van der Waals surface area (Å²) in [6.07, 6.45) is 1.95. The molecule has 0 radical (unpaired) electrons. The predicted molar refractivity (Wildman–Crippen MR) is 123 cm³/mol. The number of allylic oxidation sites excluding steroid dienone is 1. The molecule has 2 aromatic carbocycles. The first-order valence-corrected chi connectivity index (χ1v) is 11.0. The minimum atomic E-state index is -0.966. The molecule has 3 aliphatic rings. The average Bonchev–Trinajstić information content (AvgIpc) is 3.30. The number of hydrogen-bond acceptors (Lipinski definition) is 7. The number of rotatable bonds is 6. The number of benzene rings is 2. The molecule has 174 valence electrons. The van der Waals surface area contributed by atoms with Crippen LogP contribution in [0.5, 0.6) is 0 Å². The lowest BCUT2D eigenvalue weighted by atomic mass is 9.85. The van der Waals surface area contributed by atoms with Crippen LogP contribution in [0.25, 0.3) is 5.57 Å². The van der Waals surface area contributed by atoms with E-state index in [0.29, 0.717) is 0 Å². The highest BCUT2D eigenvalue weighted by molar-refractivity contribution is 6.14. The second-order valence-corrected chi connectivity index (χ2v) is 8.75. The van der Waals surface area contributed by atoms with E-state index in [1.807, 2.05) is 42.2 Å². The van der Waals surface area contributed by atoms with Crippen LogP contribution in [-0.4, -0.2) is 59.8 Å². The number of likely N-dealkylation sites (tertiary alicyclic amines) is 1. The maximum Gasteiger partial charge on any atom is 0.270 e. The predicted octanol–water partition coefficient (Wildman–Crippen LogP) is 2.70. The van der Waals surface area contributed by atoms with Crippen LogP contribution >= 0.6 is 0 Å². The number of imide groups is 1. The number of methoxy groups -OCH3 is 1. The van der Waals surface area contributed by atoms with Crippen molar-refractivity contribution in [2.45, 2.75) is 19.0 Å². The van der Waals surface area contributed by atoms with E-state index in [4.69, 9.17) is 4.74 Å². The minimum Gasteiger partial charge on any atom is -0.383 e. The van der Waals surface area contributed by atoms with E-state index in [1.165, 1.54) is 36.3 Å². The molecule has 0 bridgehead atoms. The number of para-hydroxylation sites is 1. The number of nitro groups is 1. The van der Waals surface area contributed by atoms with Gasteiger partial charge in [-0.2, -0.15) is 0 Å². The normalized spacial score (nSPS) is 25.1. The average molecular weight is 461 g/mol. The molecule has 2 amide bonds. The van der Waals surface area contributed by atoms with Gasteiger partial charge in [-0.3, -0.25) is 29.4 Å². The lowest BCUT2D eigenvalue weighted by molar-refractivity contribution is -0.384. The van der Waals surface area contributed by atoms with Crippen molar-refractivity contribution in [3.63, 3.8) is 0 Å². The first kappa shape index (κ1) is 22.0. The highest BCUT2D eigenvalue weighted by atomic mass is 16.6. The smallest absolute Gasteiger partial charge is 0.270 e. The number of carbonyl (C=O) groups excluding carboxylic acids is 3. The number of hydrogen-bond donors (Lipinski definition) is 0. The molecule has 0 aromatic heterocycles. The van der Waals surface area contributed by atoms with Gasteiger partial charge in [-0.05, 0) is 18.6 Å². The molecule has 0 spiro atoms. The molecule has 3 aliphatic heterocycles. The zero-order valence-electron chi connectivity index (χ0n) is 18.7. The second-order valence-electron chi connectivity index (χ2n) is 8.75. The van der Waals surface area contributed by atoms with Gasteiger partial charge in [0.05, 0.1) is 36.0 Å². The Hall–Kier alpha value is -3.85. The van der Waals surface area contributed by atoms with Gasteiger partial charge in [0.1, 0.15) is 6.04 Å². The molecule has 4 atom stereocenters. The first-order valence-electron chi connectivity index (χ1n) is 11.0. The van der Waals surface area contributed by atoms with Gasteiger partial charge in [0.2, 0.25) is 11.8 Å². The number of nitrogens with zero attached hydrogens (tertiary/aromatic N) is 3. The summed E-state index contributed by atoms with van der Waals surface area (Å²) in [6, 6.07) is 11.6. The second kappa shape index (κ2) is 8.18. The Kier molecular flexibility index (Phi) is 5.28. The Morgan fingerprint density at radius 3 is 2.56 bits per heavy atom. The third-order valence-corrected chi connectivity index (χ3v) is 6.98. The summed E-state index contributed by atoms with van der Waals surface area (Å²) >= 11 is 0. The quantitative estimate of drug-likeness (QED) is 0.282. The molecule has 3 heterocycles. The molecule has 9 nitrogen and oxygen atoms in total. The number of Topliss-reactive ketones (excluding diaryl/α,β-unsaturated/α-hetero) is 1. The van der Waals surface area contributed by atoms with E-state index >= 15 is 0 Å². The van der Waals surface area contributed by atoms with E-state index in [2.05, 4.69) is 0 Å². The summed E-state index contributed by atoms with van der Waals surface area (Å²) in [5.41, 5.74) is 2.59. The zero-order valence-corrected chi connectivity index (χ0v) is 18.7. The standard InChI is InChI=1S/C25H23N3O6/c1-14-12-19-20-21(25(31)26(24(20)30)10-11-34-2)22(27(19)18-9-4-3-8-17(14)18)23(29)15-6-5-7-16(13-15)28(32)33/h3-9,12-13,19-22H,10-11H2,1-2H3/t19-,20+,21-,22+/m0/s1. The SMILES string of the molecule is COCCN1C(=O)[C@H]2[C@H](C1=O)[C@H](C(=O)c1cccc([N+](=O)[O-])c1)N1c3ccccc3C(C)=C[C@@H]21. The fourth-order valence-electron chi connectivity index (χ4n) is 5.51. The van der Waals surface area contributed by atoms with Gasteiger partial charge >= 0.3 is 0 Å². The first-order chi connectivity index (χ1) is 16.3. The Bertz CT molecular complexity index is 1250. The van der Waals surface area contributed by atoms with Crippen molar-refractivity contribution in [3.8, 4) is 0 Å². The molecular weight excluding hydrogens is 438 g/mol. The zero-order chi connectivity index (χ0) is 24.1. The topological polar surface area (TPSA) is 110 Å². The third-order valence-electron chi connectivity index (χ3n) is 6.98. The fourth-order valence-corrected chi connectivity index (χ4v) is 5.51. The minimum absolute atomic E-state index is 0.116. The largest absolute Gasteiger partial charge is 0.383 e. The van der Waals surface area contributed by atoms with Crippen molar-refractivity contribution in [3.05, 3.63) is 75.8 Å². The maximum absolute atomic E-state index is 13.9. The number of fused-ring (bicyclic) bond motifs is 5. The third kappa shape index (κ3) is 3.15. The highest BCUT2D eigenvalue weighted by Crippen LogP contribution is 2.50. The van der Waals surface area contributed by atoms with Crippen LogP contribution < -0.4 is 4.90 Å². The molecule has 0 aliphatic carbocycles. The molecule has 2 fully saturated rings. The summed E-state index contributed by atoms with van der Waals surface area (Å²) in [5.74, 6) is -2.76. The van der Waals surface area contributed by atoms with Gasteiger partial charge in [0.25, 0.3) is 5.69 Å². The molecule has 0 unspecified atom stereocenters. The summed E-state index contributed by atoms with van der Waals surface area (Å²) in [5, 5.41) is 11.3. The number of non-ortho nitro benzene ring substituents is 1. The van der Waals surface area contributed by atoms with E-state index in [9.17, 15) is 24.5 Å². The van der Waals surface area contributed by atoms with Crippen molar-refractivity contribution in [1.29, 1.82) is 0 Å². The van der Waals surface area contributed by atoms with E-state index < -0.39 is 40.5 Å². The number of amides is 2. The lowest BCUT2D eigenvalue weighted by Gasteiger charge is -2.38. The summed E-state index contributed by atoms with van der Waals surface area (Å²) < 4.78 is 5.07. The van der Waals surface area contributed by atoms with Crippen molar-refractivity contribution in [1.82, 2.24) is 4.90 Å². The molecule has 5 rings (SSSR count). The van der Waals surface area contributed by atoms with Crippen LogP contribution in [0, 0.1) is 22.0 Å². The van der Waals surface area contributed by atoms with E-state index in [-0.39, 0.29) is 30.3 Å². The molecule has 0 N–H and O–H groups in total. The summed E-state index contributed by atoms with van der Waals surface area (Å²) in [4.78, 5) is 54.6. The van der Waals surface area contributed by atoms with E-state index in [0.717, 1.165) is 16.8 Å². The van der Waals surface area contributed by atoms with Gasteiger partial charge in [-0.15, -0.1) is 0 Å². The van der Waals surface area contributed by atoms with Gasteiger partial charge in [-0.25, -0.2) is 0 Å². The summed E-state index contributed by atoms with van der Waals surface area (Å²) in [6.45, 7) is 2.27. The highest BCUT2D eigenvalue weighted by Gasteiger charge is 2.64. The number of nitro benzene ring substituents is 1. The number of carbonyl (C=O) groups is 3. The number of anilines is 1. The molecule has 2 aromatic rings. The molecule has 9 heteroatoms.